The molecule has 16 heavy (non-hydrogen) atoms. The van der Waals surface area contributed by atoms with Gasteiger partial charge in [0.1, 0.15) is 12.7 Å². The molecule has 0 amide bonds. The molecule has 5 heteroatoms. The third-order valence-electron chi connectivity index (χ3n) is 2.59. The molecule has 0 spiro atoms. The van der Waals surface area contributed by atoms with Crippen LogP contribution in [-0.4, -0.2) is 37.9 Å². The molecule has 1 unspecified atom stereocenters. The lowest BCUT2D eigenvalue weighted by atomic mass is 9.91. The van der Waals surface area contributed by atoms with Crippen molar-refractivity contribution in [2.75, 3.05) is 19.8 Å². The summed E-state index contributed by atoms with van der Waals surface area (Å²) in [6, 6.07) is 0. The zero-order chi connectivity index (χ0) is 12.2. The minimum absolute atomic E-state index is 0.0340. The molecule has 0 aliphatic carbocycles. The summed E-state index contributed by atoms with van der Waals surface area (Å²) in [5.41, 5.74) is -0.556. The van der Waals surface area contributed by atoms with Crippen molar-refractivity contribution in [1.29, 1.82) is 0 Å². The normalized spacial score (nSPS) is 19.1. The molecule has 92 valence electrons. The van der Waals surface area contributed by atoms with Crippen molar-refractivity contribution < 1.29 is 23.8 Å². The lowest BCUT2D eigenvalue weighted by molar-refractivity contribution is -0.164. The molecule has 0 aromatic heterocycles. The third kappa shape index (κ3) is 4.18. The average Bonchev–Trinajstić information content (AvgIpc) is 3.06. The predicted octanol–water partition coefficient (Wildman–Crippen LogP) is 0.908. The molecule has 1 aliphatic heterocycles. The van der Waals surface area contributed by atoms with Crippen LogP contribution >= 0.6 is 0 Å². The highest BCUT2D eigenvalue weighted by Gasteiger charge is 2.28. The molecule has 0 radical (unpaired) electrons. The van der Waals surface area contributed by atoms with Gasteiger partial charge in [0.05, 0.1) is 12.0 Å². The van der Waals surface area contributed by atoms with Crippen LogP contribution in [0.3, 0.4) is 0 Å². The van der Waals surface area contributed by atoms with Crippen LogP contribution in [0.25, 0.3) is 0 Å². The fourth-order valence-corrected chi connectivity index (χ4v) is 0.856. The lowest BCUT2D eigenvalue weighted by Gasteiger charge is -2.19. The monoisotopic (exact) mass is 230 g/mol. The number of hydrogen-bond donors (Lipinski definition) is 0. The van der Waals surface area contributed by atoms with Crippen LogP contribution in [0.5, 0.6) is 0 Å². The van der Waals surface area contributed by atoms with Gasteiger partial charge in [-0.15, -0.1) is 0 Å². The van der Waals surface area contributed by atoms with Crippen LogP contribution in [0.1, 0.15) is 27.2 Å². The van der Waals surface area contributed by atoms with Crippen molar-refractivity contribution in [1.82, 2.24) is 0 Å². The van der Waals surface area contributed by atoms with Gasteiger partial charge in [-0.2, -0.15) is 0 Å². The van der Waals surface area contributed by atoms with Gasteiger partial charge in [0.25, 0.3) is 0 Å². The summed E-state index contributed by atoms with van der Waals surface area (Å²) >= 11 is 0. The second-order valence-corrected chi connectivity index (χ2v) is 4.45. The van der Waals surface area contributed by atoms with Gasteiger partial charge in [0.2, 0.25) is 0 Å². The van der Waals surface area contributed by atoms with Gasteiger partial charge < -0.3 is 14.2 Å². The zero-order valence-corrected chi connectivity index (χ0v) is 9.95. The van der Waals surface area contributed by atoms with Gasteiger partial charge in [-0.3, -0.25) is 4.79 Å². The minimum atomic E-state index is -0.556. The van der Waals surface area contributed by atoms with E-state index in [1.165, 1.54) is 0 Å². The fourth-order valence-electron chi connectivity index (χ4n) is 0.856. The van der Waals surface area contributed by atoms with Crippen molar-refractivity contribution in [3.05, 3.63) is 0 Å². The first kappa shape index (κ1) is 13.0. The Kier molecular flexibility index (Phi) is 4.29. The zero-order valence-electron chi connectivity index (χ0n) is 9.95. The highest BCUT2D eigenvalue weighted by atomic mass is 16.6. The Morgan fingerprint density at radius 1 is 1.38 bits per heavy atom. The number of carbonyl (C=O) groups excluding carboxylic acids is 2. The Morgan fingerprint density at radius 3 is 2.50 bits per heavy atom. The molecular formula is C11H18O5. The average molecular weight is 230 g/mol. The Bertz CT molecular complexity index is 268. The first-order chi connectivity index (χ1) is 7.45. The van der Waals surface area contributed by atoms with Crippen LogP contribution in [0.4, 0.5) is 0 Å². The minimum Gasteiger partial charge on any atom is -0.460 e. The van der Waals surface area contributed by atoms with Crippen LogP contribution in [0.2, 0.25) is 0 Å². The predicted molar refractivity (Wildman–Crippen MR) is 55.7 cm³/mol. The van der Waals surface area contributed by atoms with E-state index in [0.29, 0.717) is 13.0 Å². The van der Waals surface area contributed by atoms with Gasteiger partial charge in [0, 0.05) is 0 Å². The molecule has 0 saturated carbocycles. The molecule has 0 aromatic carbocycles. The Labute approximate surface area is 95.0 Å². The number of rotatable bonds is 6. The topological polar surface area (TPSA) is 65.1 Å². The van der Waals surface area contributed by atoms with Crippen LogP contribution in [-0.2, 0) is 23.8 Å². The van der Waals surface area contributed by atoms with Gasteiger partial charge in [-0.25, -0.2) is 4.79 Å². The molecule has 1 saturated heterocycles. The largest absolute Gasteiger partial charge is 0.460 e. The van der Waals surface area contributed by atoms with E-state index >= 15 is 0 Å². The Balaban J connectivity index is 2.17. The Hall–Kier alpha value is -1.10. The quantitative estimate of drug-likeness (QED) is 0.501. The second-order valence-electron chi connectivity index (χ2n) is 4.45. The maximum absolute atomic E-state index is 11.5. The van der Waals surface area contributed by atoms with Crippen molar-refractivity contribution in [3.8, 4) is 0 Å². The molecular weight excluding hydrogens is 212 g/mol. The van der Waals surface area contributed by atoms with E-state index in [1.807, 2.05) is 6.92 Å². The van der Waals surface area contributed by atoms with E-state index in [4.69, 9.17) is 14.2 Å². The number of ether oxygens (including phenoxy) is 3. The van der Waals surface area contributed by atoms with E-state index in [2.05, 4.69) is 0 Å². The fraction of sp³-hybridized carbons (Fsp3) is 0.818. The SMILES string of the molecule is CCC(C)(C)C(=O)OCC(=O)OCC1CO1. The molecule has 1 fully saturated rings. The maximum Gasteiger partial charge on any atom is 0.344 e. The van der Waals surface area contributed by atoms with Crippen LogP contribution < -0.4 is 0 Å². The summed E-state index contributed by atoms with van der Waals surface area (Å²) in [4.78, 5) is 22.6. The van der Waals surface area contributed by atoms with E-state index in [-0.39, 0.29) is 25.3 Å². The van der Waals surface area contributed by atoms with E-state index in [9.17, 15) is 9.59 Å². The van der Waals surface area contributed by atoms with E-state index < -0.39 is 11.4 Å². The number of carbonyl (C=O) groups is 2. The van der Waals surface area contributed by atoms with Crippen LogP contribution in [0.15, 0.2) is 0 Å². The van der Waals surface area contributed by atoms with Crippen molar-refractivity contribution >= 4 is 11.9 Å². The van der Waals surface area contributed by atoms with E-state index in [1.54, 1.807) is 13.8 Å². The molecule has 5 nitrogen and oxygen atoms in total. The smallest absolute Gasteiger partial charge is 0.344 e. The third-order valence-corrected chi connectivity index (χ3v) is 2.59. The number of hydrogen-bond acceptors (Lipinski definition) is 5. The molecule has 1 heterocycles. The lowest BCUT2D eigenvalue weighted by Crippen LogP contribution is -2.28. The molecule has 1 atom stereocenters. The summed E-state index contributed by atoms with van der Waals surface area (Å²) < 4.78 is 14.6. The second kappa shape index (κ2) is 5.30. The van der Waals surface area contributed by atoms with Gasteiger partial charge in [0.15, 0.2) is 6.61 Å². The van der Waals surface area contributed by atoms with Crippen molar-refractivity contribution in [3.63, 3.8) is 0 Å². The first-order valence-electron chi connectivity index (χ1n) is 5.40. The summed E-state index contributed by atoms with van der Waals surface area (Å²) in [6.07, 6.45) is 0.698. The standard InChI is InChI=1S/C11H18O5/c1-4-11(2,3)10(13)16-7-9(12)15-6-8-5-14-8/h8H,4-7H2,1-3H3. The van der Waals surface area contributed by atoms with Crippen LogP contribution in [0, 0.1) is 5.41 Å². The number of esters is 2. The van der Waals surface area contributed by atoms with Crippen molar-refractivity contribution in [2.24, 2.45) is 5.41 Å². The van der Waals surface area contributed by atoms with Gasteiger partial charge in [-0.05, 0) is 20.3 Å². The van der Waals surface area contributed by atoms with Gasteiger partial charge >= 0.3 is 11.9 Å². The highest BCUT2D eigenvalue weighted by molar-refractivity contribution is 5.79. The molecule has 1 rings (SSSR count). The summed E-state index contributed by atoms with van der Waals surface area (Å²) in [5.74, 6) is -0.912. The molecule has 1 aliphatic rings. The maximum atomic E-state index is 11.5. The Morgan fingerprint density at radius 2 is 2.00 bits per heavy atom. The summed E-state index contributed by atoms with van der Waals surface area (Å²) in [5, 5.41) is 0. The molecule has 0 aromatic rings. The molecule has 0 bridgehead atoms. The van der Waals surface area contributed by atoms with Gasteiger partial charge in [-0.1, -0.05) is 6.92 Å². The molecule has 0 N–H and O–H groups in total. The van der Waals surface area contributed by atoms with Crippen molar-refractivity contribution in [2.45, 2.75) is 33.3 Å². The van der Waals surface area contributed by atoms with E-state index in [0.717, 1.165) is 0 Å². The summed E-state index contributed by atoms with van der Waals surface area (Å²) in [6.45, 7) is 6.00. The highest BCUT2D eigenvalue weighted by Crippen LogP contribution is 2.21. The first-order valence-corrected chi connectivity index (χ1v) is 5.40. The number of epoxide rings is 1. The summed E-state index contributed by atoms with van der Waals surface area (Å²) in [7, 11) is 0.